The van der Waals surface area contributed by atoms with Gasteiger partial charge in [-0.05, 0) is 121 Å². The van der Waals surface area contributed by atoms with Crippen LogP contribution in [-0.2, 0) is 5.41 Å². The molecule has 2 aliphatic carbocycles. The van der Waals surface area contributed by atoms with Crippen LogP contribution in [0.3, 0.4) is 0 Å². The van der Waals surface area contributed by atoms with Crippen molar-refractivity contribution in [3.8, 4) is 44.5 Å². The van der Waals surface area contributed by atoms with Gasteiger partial charge in [-0.2, -0.15) is 0 Å². The van der Waals surface area contributed by atoms with Gasteiger partial charge in [-0.25, -0.2) is 0 Å². The molecule has 2 nitrogen and oxygen atoms in total. The van der Waals surface area contributed by atoms with Crippen LogP contribution in [0.1, 0.15) is 22.3 Å². The number of fused-ring (bicyclic) bond motifs is 14. The van der Waals surface area contributed by atoms with Crippen LogP contribution in [0.5, 0.6) is 0 Å². The van der Waals surface area contributed by atoms with E-state index >= 15 is 0 Å². The second-order valence-corrected chi connectivity index (χ2v) is 16.4. The summed E-state index contributed by atoms with van der Waals surface area (Å²) in [7, 11) is 0. The normalized spacial score (nSPS) is 13.0. The van der Waals surface area contributed by atoms with Crippen molar-refractivity contribution in [1.29, 1.82) is 0 Å². The molecule has 10 aromatic carbocycles. The molecule has 1 spiro atoms. The summed E-state index contributed by atoms with van der Waals surface area (Å²) in [6, 6.07) is 82.4. The summed E-state index contributed by atoms with van der Waals surface area (Å²) < 4.78 is 6.63. The minimum Gasteiger partial charge on any atom is -0.456 e. The van der Waals surface area contributed by atoms with Crippen LogP contribution in [0.15, 0.2) is 229 Å². The Kier molecular flexibility index (Phi) is 7.26. The summed E-state index contributed by atoms with van der Waals surface area (Å²) in [5.41, 5.74) is 19.6. The maximum atomic E-state index is 6.63. The Morgan fingerprint density at radius 2 is 0.951 bits per heavy atom. The summed E-state index contributed by atoms with van der Waals surface area (Å²) in [5, 5.41) is 4.62. The smallest absolute Gasteiger partial charge is 0.136 e. The summed E-state index contributed by atoms with van der Waals surface area (Å²) in [6.45, 7) is 0. The molecule has 2 heteroatoms. The van der Waals surface area contributed by atoms with Crippen LogP contribution in [0.4, 0.5) is 17.1 Å². The maximum Gasteiger partial charge on any atom is 0.136 e. The number of nitrogens with zero attached hydrogens (tertiary/aromatic N) is 1. The van der Waals surface area contributed by atoms with E-state index in [0.29, 0.717) is 0 Å². The number of furan rings is 1. The van der Waals surface area contributed by atoms with Gasteiger partial charge in [0.1, 0.15) is 11.2 Å². The zero-order chi connectivity index (χ0) is 40.1. The highest BCUT2D eigenvalue weighted by Crippen LogP contribution is 2.63. The van der Waals surface area contributed by atoms with Crippen molar-refractivity contribution >= 4 is 49.8 Å². The van der Waals surface area contributed by atoms with E-state index in [4.69, 9.17) is 4.42 Å². The molecule has 0 unspecified atom stereocenters. The average Bonchev–Trinajstić information content (AvgIpc) is 3.96. The fraction of sp³-hybridized carbons (Fsp3) is 0.0169. The van der Waals surface area contributed by atoms with E-state index in [1.54, 1.807) is 0 Å². The largest absolute Gasteiger partial charge is 0.456 e. The summed E-state index contributed by atoms with van der Waals surface area (Å²) in [5.74, 6) is 0. The molecule has 0 aliphatic heterocycles. The highest BCUT2D eigenvalue weighted by molar-refractivity contribution is 6.17. The molecule has 2 aliphatic rings. The molecule has 0 atom stereocenters. The minimum atomic E-state index is -0.474. The maximum absolute atomic E-state index is 6.63. The van der Waals surface area contributed by atoms with E-state index in [0.717, 1.165) is 55.7 Å². The van der Waals surface area contributed by atoms with Crippen LogP contribution in [-0.4, -0.2) is 0 Å². The first-order valence-corrected chi connectivity index (χ1v) is 21.1. The Balaban J connectivity index is 1.14. The average molecular weight is 776 g/mol. The number of para-hydroxylation sites is 1. The van der Waals surface area contributed by atoms with E-state index in [9.17, 15) is 0 Å². The van der Waals surface area contributed by atoms with Gasteiger partial charge in [-0.1, -0.05) is 176 Å². The Labute approximate surface area is 354 Å². The minimum absolute atomic E-state index is 0.474. The lowest BCUT2D eigenvalue weighted by Crippen LogP contribution is -2.26. The number of rotatable bonds is 5. The van der Waals surface area contributed by atoms with Crippen molar-refractivity contribution in [2.24, 2.45) is 0 Å². The van der Waals surface area contributed by atoms with Crippen molar-refractivity contribution in [3.63, 3.8) is 0 Å². The molecule has 61 heavy (non-hydrogen) atoms. The first-order chi connectivity index (χ1) is 30.3. The lowest BCUT2D eigenvalue weighted by atomic mass is 9.70. The van der Waals surface area contributed by atoms with Gasteiger partial charge in [0, 0.05) is 27.7 Å². The molecular formula is C59H37NO. The van der Waals surface area contributed by atoms with E-state index in [1.165, 1.54) is 60.8 Å². The van der Waals surface area contributed by atoms with Crippen molar-refractivity contribution in [2.45, 2.75) is 5.41 Å². The number of hydrogen-bond donors (Lipinski definition) is 0. The Hall–Kier alpha value is -7.94. The Morgan fingerprint density at radius 3 is 1.70 bits per heavy atom. The Morgan fingerprint density at radius 1 is 0.344 bits per heavy atom. The third-order valence-corrected chi connectivity index (χ3v) is 13.3. The van der Waals surface area contributed by atoms with Crippen molar-refractivity contribution in [1.82, 2.24) is 0 Å². The van der Waals surface area contributed by atoms with E-state index in [2.05, 4.69) is 229 Å². The van der Waals surface area contributed by atoms with E-state index < -0.39 is 5.41 Å². The van der Waals surface area contributed by atoms with Crippen LogP contribution in [0.25, 0.3) is 77.2 Å². The van der Waals surface area contributed by atoms with Crippen LogP contribution >= 0.6 is 0 Å². The van der Waals surface area contributed by atoms with Crippen LogP contribution in [0.2, 0.25) is 0 Å². The van der Waals surface area contributed by atoms with Crippen LogP contribution < -0.4 is 4.90 Å². The van der Waals surface area contributed by atoms with Crippen LogP contribution in [0, 0.1) is 0 Å². The zero-order valence-electron chi connectivity index (χ0n) is 33.2. The van der Waals surface area contributed by atoms with Crippen molar-refractivity contribution in [3.05, 3.63) is 247 Å². The van der Waals surface area contributed by atoms with Gasteiger partial charge in [0.05, 0.1) is 11.1 Å². The van der Waals surface area contributed by atoms with Crippen molar-refractivity contribution in [2.75, 3.05) is 4.90 Å². The monoisotopic (exact) mass is 775 g/mol. The summed E-state index contributed by atoms with van der Waals surface area (Å²) in [6.07, 6.45) is 0. The van der Waals surface area contributed by atoms with Gasteiger partial charge >= 0.3 is 0 Å². The quantitative estimate of drug-likeness (QED) is 0.173. The molecule has 1 heterocycles. The predicted octanol–water partition coefficient (Wildman–Crippen LogP) is 15.9. The number of hydrogen-bond acceptors (Lipinski definition) is 2. The molecular weight excluding hydrogens is 739 g/mol. The first-order valence-electron chi connectivity index (χ1n) is 21.1. The molecule has 1 aromatic heterocycles. The molecule has 0 saturated heterocycles. The molecule has 13 rings (SSSR count). The van der Waals surface area contributed by atoms with Gasteiger partial charge in [0.25, 0.3) is 0 Å². The fourth-order valence-electron chi connectivity index (χ4n) is 10.7. The zero-order valence-corrected chi connectivity index (χ0v) is 33.2. The highest BCUT2D eigenvalue weighted by atomic mass is 16.3. The summed E-state index contributed by atoms with van der Waals surface area (Å²) >= 11 is 0. The van der Waals surface area contributed by atoms with Gasteiger partial charge in [0.15, 0.2) is 0 Å². The van der Waals surface area contributed by atoms with Gasteiger partial charge < -0.3 is 9.32 Å². The summed E-state index contributed by atoms with van der Waals surface area (Å²) in [4.78, 5) is 2.49. The predicted molar refractivity (Wildman–Crippen MR) is 253 cm³/mol. The highest BCUT2D eigenvalue weighted by Gasteiger charge is 2.51. The van der Waals surface area contributed by atoms with E-state index in [1.807, 2.05) is 0 Å². The van der Waals surface area contributed by atoms with Gasteiger partial charge in [-0.3, -0.25) is 0 Å². The molecule has 11 aromatic rings. The fourth-order valence-corrected chi connectivity index (χ4v) is 10.7. The lowest BCUT2D eigenvalue weighted by molar-refractivity contribution is 0.669. The Bertz CT molecular complexity index is 3490. The standard InChI is InChI=1S/C59H37NO/c1-2-15-38(16-3-1)41-19-14-20-43(36-41)60(54-33-34-56-58(49-24-9-13-28-55(49)61-56)57(54)42-30-29-39-17-4-5-18-40(39)35-42)44-31-32-48-47-23-8-12-27-52(47)59(53(48)37-44)50-25-10-6-21-45(50)46-22-7-11-26-51(46)59/h1-37H. The van der Waals surface area contributed by atoms with Gasteiger partial charge in [-0.15, -0.1) is 0 Å². The number of anilines is 3. The molecule has 0 saturated carbocycles. The molecule has 0 radical (unpaired) electrons. The topological polar surface area (TPSA) is 16.4 Å². The second kappa shape index (κ2) is 13.0. The van der Waals surface area contributed by atoms with Crippen molar-refractivity contribution < 1.29 is 4.42 Å². The lowest BCUT2D eigenvalue weighted by Gasteiger charge is -2.33. The third kappa shape index (κ3) is 4.85. The van der Waals surface area contributed by atoms with E-state index in [-0.39, 0.29) is 0 Å². The van der Waals surface area contributed by atoms with Gasteiger partial charge in [0.2, 0.25) is 0 Å². The molecule has 0 amide bonds. The number of benzene rings is 10. The third-order valence-electron chi connectivity index (χ3n) is 13.3. The molecule has 284 valence electrons. The molecule has 0 bridgehead atoms. The molecule has 0 fully saturated rings. The SMILES string of the molecule is c1ccc(-c2cccc(N(c3ccc4c(c3)C3(c5ccccc5-c5ccccc53)c3ccccc3-4)c3ccc4oc5ccccc5c4c3-c3ccc4ccccc4c3)c2)cc1. The second-order valence-electron chi connectivity index (χ2n) is 16.4. The first kappa shape index (κ1) is 34.0. The molecule has 0 N–H and O–H groups in total.